The van der Waals surface area contributed by atoms with E-state index in [1.165, 1.54) is 18.2 Å². The number of amides is 4. The molecular formula is C35H41F5N6O4. The van der Waals surface area contributed by atoms with Gasteiger partial charge in [0, 0.05) is 56.9 Å². The second-order valence-corrected chi connectivity index (χ2v) is 13.0. The van der Waals surface area contributed by atoms with Crippen molar-refractivity contribution in [3.63, 3.8) is 0 Å². The summed E-state index contributed by atoms with van der Waals surface area (Å²) < 4.78 is 74.1. The van der Waals surface area contributed by atoms with Crippen LogP contribution in [-0.2, 0) is 25.1 Å². The summed E-state index contributed by atoms with van der Waals surface area (Å²) >= 11 is 0. The molecular weight excluding hydrogens is 663 g/mol. The molecule has 1 aliphatic carbocycles. The molecule has 2 aromatic carbocycles. The zero-order valence-electron chi connectivity index (χ0n) is 28.1. The Balaban J connectivity index is 1.55. The van der Waals surface area contributed by atoms with Crippen LogP contribution in [0, 0.1) is 23.1 Å². The Morgan fingerprint density at radius 1 is 1.02 bits per heavy atom. The van der Waals surface area contributed by atoms with E-state index in [1.54, 1.807) is 24.8 Å². The highest BCUT2D eigenvalue weighted by molar-refractivity contribution is 5.98. The lowest BCUT2D eigenvalue weighted by molar-refractivity contribution is -0.150. The fourth-order valence-corrected chi connectivity index (χ4v) is 6.16. The molecule has 0 unspecified atom stereocenters. The maximum Gasteiger partial charge on any atom is 0.349 e. The molecule has 15 heteroatoms. The number of alkyl halides is 4. The van der Waals surface area contributed by atoms with Crippen LogP contribution in [0.1, 0.15) is 68.6 Å². The van der Waals surface area contributed by atoms with Gasteiger partial charge in [-0.3, -0.25) is 19.2 Å². The number of nitrogens with zero attached hydrogens (tertiary/aromatic N) is 3. The van der Waals surface area contributed by atoms with E-state index in [9.17, 15) is 28.0 Å². The van der Waals surface area contributed by atoms with E-state index in [4.69, 9.17) is 5.26 Å². The largest absolute Gasteiger partial charge is 0.349 e. The van der Waals surface area contributed by atoms with Gasteiger partial charge in [0.05, 0.1) is 17.3 Å². The first-order valence-corrected chi connectivity index (χ1v) is 16.5. The number of anilines is 1. The summed E-state index contributed by atoms with van der Waals surface area (Å²) in [5.74, 6) is -13.5. The minimum atomic E-state index is -4.20. The Hall–Kier alpha value is -4.58. The third-order valence-corrected chi connectivity index (χ3v) is 9.44. The molecule has 50 heavy (non-hydrogen) atoms. The SMILES string of the molecule is CCC(=O)N[C@@H](C(=O)N1CCN(C)CC1)[C@@H](C)c1ccc(NC(=O)[C@@H](NC(=O)C(F)(F)c2cccc(C#N)c2)C2CCC(F)(F)CC2)c(F)c1. The van der Waals surface area contributed by atoms with Crippen molar-refractivity contribution in [2.24, 2.45) is 5.92 Å². The Kier molecular flexibility index (Phi) is 12.2. The zero-order valence-corrected chi connectivity index (χ0v) is 28.1. The van der Waals surface area contributed by atoms with Gasteiger partial charge < -0.3 is 25.8 Å². The normalized spacial score (nSPS) is 18.7. The Morgan fingerprint density at radius 2 is 1.68 bits per heavy atom. The molecule has 2 aliphatic rings. The second kappa shape index (κ2) is 16.0. The molecule has 1 heterocycles. The van der Waals surface area contributed by atoms with Gasteiger partial charge in [0.25, 0.3) is 5.91 Å². The topological polar surface area (TPSA) is 135 Å². The predicted octanol–water partition coefficient (Wildman–Crippen LogP) is 4.51. The molecule has 2 fully saturated rings. The van der Waals surface area contributed by atoms with Crippen LogP contribution in [0.3, 0.4) is 0 Å². The summed E-state index contributed by atoms with van der Waals surface area (Å²) in [7, 11) is 1.93. The van der Waals surface area contributed by atoms with Crippen molar-refractivity contribution in [3.8, 4) is 6.07 Å². The maximum atomic E-state index is 15.6. The number of hydrogen-bond acceptors (Lipinski definition) is 6. The molecule has 1 saturated heterocycles. The average Bonchev–Trinajstić information content (AvgIpc) is 3.10. The van der Waals surface area contributed by atoms with E-state index in [0.29, 0.717) is 31.7 Å². The Morgan fingerprint density at radius 3 is 2.28 bits per heavy atom. The highest BCUT2D eigenvalue weighted by Crippen LogP contribution is 2.38. The molecule has 4 rings (SSSR count). The van der Waals surface area contributed by atoms with Gasteiger partial charge in [-0.2, -0.15) is 14.0 Å². The molecule has 0 spiro atoms. The fourth-order valence-electron chi connectivity index (χ4n) is 6.16. The van der Waals surface area contributed by atoms with Gasteiger partial charge in [-0.1, -0.05) is 32.0 Å². The number of benzene rings is 2. The Bertz CT molecular complexity index is 1610. The Labute approximate surface area is 287 Å². The summed E-state index contributed by atoms with van der Waals surface area (Å²) in [5, 5.41) is 16.1. The summed E-state index contributed by atoms with van der Waals surface area (Å²) in [4.78, 5) is 56.0. The molecule has 3 atom stereocenters. The van der Waals surface area contributed by atoms with Crippen LogP contribution in [-0.4, -0.2) is 84.7 Å². The van der Waals surface area contributed by atoms with Gasteiger partial charge in [-0.25, -0.2) is 13.2 Å². The zero-order chi connectivity index (χ0) is 36.8. The lowest BCUT2D eigenvalue weighted by Gasteiger charge is -2.36. The maximum absolute atomic E-state index is 15.6. The highest BCUT2D eigenvalue weighted by atomic mass is 19.3. The third-order valence-electron chi connectivity index (χ3n) is 9.44. The fraction of sp³-hybridized carbons (Fsp3) is 0.514. The lowest BCUT2D eigenvalue weighted by Crippen LogP contribution is -2.55. The predicted molar refractivity (Wildman–Crippen MR) is 174 cm³/mol. The molecule has 4 amide bonds. The number of likely N-dealkylation sites (N-methyl/N-ethyl adjacent to an activating group) is 1. The summed E-state index contributed by atoms with van der Waals surface area (Å²) in [6.45, 7) is 5.49. The number of nitriles is 1. The van der Waals surface area contributed by atoms with Crippen molar-refractivity contribution in [2.45, 2.75) is 75.8 Å². The molecule has 0 bridgehead atoms. The lowest BCUT2D eigenvalue weighted by atomic mass is 9.81. The van der Waals surface area contributed by atoms with E-state index >= 15 is 13.2 Å². The number of halogens is 5. The molecule has 10 nitrogen and oxygen atoms in total. The smallest absolute Gasteiger partial charge is 0.344 e. The van der Waals surface area contributed by atoms with Crippen LogP contribution in [0.15, 0.2) is 42.5 Å². The minimum absolute atomic E-state index is 0.118. The van der Waals surface area contributed by atoms with E-state index in [-0.39, 0.29) is 42.3 Å². The van der Waals surface area contributed by atoms with Crippen LogP contribution < -0.4 is 16.0 Å². The van der Waals surface area contributed by atoms with E-state index in [1.807, 2.05) is 12.4 Å². The van der Waals surface area contributed by atoms with Crippen molar-refractivity contribution >= 4 is 29.3 Å². The van der Waals surface area contributed by atoms with Crippen molar-refractivity contribution in [1.82, 2.24) is 20.4 Å². The van der Waals surface area contributed by atoms with E-state index < -0.39 is 71.8 Å². The molecule has 2 aromatic rings. The van der Waals surface area contributed by atoms with E-state index in [0.717, 1.165) is 24.3 Å². The highest BCUT2D eigenvalue weighted by Gasteiger charge is 2.46. The van der Waals surface area contributed by atoms with Crippen LogP contribution in [0.5, 0.6) is 0 Å². The quantitative estimate of drug-likeness (QED) is 0.295. The van der Waals surface area contributed by atoms with Gasteiger partial charge in [-0.05, 0) is 55.6 Å². The standard InChI is InChI=1S/C35H41F5N6O4/c1-4-28(47)43-29(32(49)46-16-14-45(3)15-17-46)21(2)24-8-9-27(26(36)19-24)42-31(48)30(23-10-12-34(37,38)13-11-23)44-33(50)35(39,40)25-7-5-6-22(18-25)20-41/h5-9,18-19,21,23,29-30H,4,10-17H2,1-3H3,(H,42,48)(H,43,47)(H,44,50)/t21-,29+,30-/m0/s1. The van der Waals surface area contributed by atoms with Crippen LogP contribution in [0.2, 0.25) is 0 Å². The van der Waals surface area contributed by atoms with Crippen LogP contribution in [0.25, 0.3) is 0 Å². The third kappa shape index (κ3) is 9.15. The first kappa shape index (κ1) is 38.2. The summed E-state index contributed by atoms with van der Waals surface area (Å²) in [6, 6.07) is 6.88. The first-order valence-electron chi connectivity index (χ1n) is 16.5. The molecule has 270 valence electrons. The van der Waals surface area contributed by atoms with Gasteiger partial charge in [-0.15, -0.1) is 0 Å². The molecule has 3 N–H and O–H groups in total. The van der Waals surface area contributed by atoms with Gasteiger partial charge in [0.2, 0.25) is 23.6 Å². The first-order chi connectivity index (χ1) is 23.6. The molecule has 1 aliphatic heterocycles. The molecule has 0 aromatic heterocycles. The van der Waals surface area contributed by atoms with Crippen LogP contribution in [0.4, 0.5) is 27.6 Å². The number of hydrogen-bond donors (Lipinski definition) is 3. The monoisotopic (exact) mass is 704 g/mol. The van der Waals surface area contributed by atoms with Crippen molar-refractivity contribution in [1.29, 1.82) is 5.26 Å². The van der Waals surface area contributed by atoms with Gasteiger partial charge in [0.1, 0.15) is 17.9 Å². The van der Waals surface area contributed by atoms with Gasteiger partial charge >= 0.3 is 5.92 Å². The summed E-state index contributed by atoms with van der Waals surface area (Å²) in [5.41, 5.74) is -0.990. The van der Waals surface area contributed by atoms with Crippen molar-refractivity contribution < 1.29 is 41.1 Å². The summed E-state index contributed by atoms with van der Waals surface area (Å²) in [6.07, 6.45) is -1.70. The van der Waals surface area contributed by atoms with Crippen molar-refractivity contribution in [2.75, 3.05) is 38.5 Å². The molecule has 0 radical (unpaired) electrons. The van der Waals surface area contributed by atoms with E-state index in [2.05, 4.69) is 15.5 Å². The number of carbonyl (C=O) groups excluding carboxylic acids is 4. The van der Waals surface area contributed by atoms with Crippen molar-refractivity contribution in [3.05, 3.63) is 65.0 Å². The minimum Gasteiger partial charge on any atom is -0.344 e. The molecule has 1 saturated carbocycles. The number of carbonyl (C=O) groups is 4. The number of nitrogens with one attached hydrogen (secondary N) is 3. The average molecular weight is 705 g/mol. The van der Waals surface area contributed by atoms with Gasteiger partial charge in [0.15, 0.2) is 0 Å². The number of rotatable bonds is 11. The number of piperazine rings is 1. The second-order valence-electron chi connectivity index (χ2n) is 13.0. The van der Waals surface area contributed by atoms with Crippen LogP contribution >= 0.6 is 0 Å².